The summed E-state index contributed by atoms with van der Waals surface area (Å²) in [7, 11) is 0. The summed E-state index contributed by atoms with van der Waals surface area (Å²) in [6, 6.07) is 6.18. The van der Waals surface area contributed by atoms with Gasteiger partial charge in [-0.1, -0.05) is 37.6 Å². The maximum Gasteiger partial charge on any atom is 0.220 e. The van der Waals surface area contributed by atoms with Gasteiger partial charge in [-0.3, -0.25) is 4.39 Å². The molecule has 1 aromatic heterocycles. The topological polar surface area (TPSA) is 51.8 Å². The van der Waals surface area contributed by atoms with E-state index in [0.29, 0.717) is 12.4 Å². The van der Waals surface area contributed by atoms with Gasteiger partial charge in [-0.15, -0.1) is 0 Å². The third-order valence-corrected chi connectivity index (χ3v) is 4.03. The van der Waals surface area contributed by atoms with Crippen LogP contribution in [-0.4, -0.2) is 16.6 Å². The standard InChI is InChI=1S/C18H20FN3/c1-2-3-14-11-21-18(20)22-17(14)16-7-5-13-10-12(8-9-19)4-6-15(13)16/h4,6-7,10-11H,2-3,5,8-9H2,1H3,(H2,20,21,22). The average Bonchev–Trinajstić information content (AvgIpc) is 2.93. The predicted molar refractivity (Wildman–Crippen MR) is 87.3 cm³/mol. The second-order valence-corrected chi connectivity index (χ2v) is 5.60. The van der Waals surface area contributed by atoms with E-state index < -0.39 is 0 Å². The summed E-state index contributed by atoms with van der Waals surface area (Å²) in [5.41, 5.74) is 12.4. The summed E-state index contributed by atoms with van der Waals surface area (Å²) >= 11 is 0. The van der Waals surface area contributed by atoms with Gasteiger partial charge in [0.2, 0.25) is 5.95 Å². The zero-order valence-electron chi connectivity index (χ0n) is 12.8. The van der Waals surface area contributed by atoms with E-state index in [2.05, 4.69) is 35.1 Å². The van der Waals surface area contributed by atoms with E-state index in [-0.39, 0.29) is 6.67 Å². The number of alkyl halides is 1. The Balaban J connectivity index is 2.01. The van der Waals surface area contributed by atoms with Crippen LogP contribution in [0, 0.1) is 0 Å². The number of aromatic nitrogens is 2. The Morgan fingerprint density at radius 1 is 1.27 bits per heavy atom. The number of fused-ring (bicyclic) bond motifs is 1. The molecule has 1 aliphatic carbocycles. The molecule has 0 spiro atoms. The zero-order valence-corrected chi connectivity index (χ0v) is 12.8. The van der Waals surface area contributed by atoms with Crippen LogP contribution in [0.25, 0.3) is 5.57 Å². The lowest BCUT2D eigenvalue weighted by atomic mass is 9.97. The number of anilines is 1. The van der Waals surface area contributed by atoms with Crippen molar-refractivity contribution in [2.75, 3.05) is 12.4 Å². The molecule has 114 valence electrons. The van der Waals surface area contributed by atoms with Crippen molar-refractivity contribution in [3.05, 3.63) is 58.4 Å². The number of hydrogen-bond acceptors (Lipinski definition) is 3. The van der Waals surface area contributed by atoms with Gasteiger partial charge in [0.05, 0.1) is 12.4 Å². The molecule has 0 atom stereocenters. The number of halogens is 1. The number of rotatable bonds is 5. The van der Waals surface area contributed by atoms with Crippen LogP contribution in [0.4, 0.5) is 10.3 Å². The molecule has 4 heteroatoms. The van der Waals surface area contributed by atoms with Crippen molar-refractivity contribution in [3.8, 4) is 0 Å². The Kier molecular flexibility index (Phi) is 4.18. The highest BCUT2D eigenvalue weighted by molar-refractivity contribution is 5.84. The van der Waals surface area contributed by atoms with Crippen LogP contribution in [0.5, 0.6) is 0 Å². The van der Waals surface area contributed by atoms with Gasteiger partial charge in [-0.2, -0.15) is 0 Å². The van der Waals surface area contributed by atoms with Gasteiger partial charge in [-0.25, -0.2) is 9.97 Å². The summed E-state index contributed by atoms with van der Waals surface area (Å²) in [6.45, 7) is 1.82. The van der Waals surface area contributed by atoms with Gasteiger partial charge in [0.15, 0.2) is 0 Å². The maximum absolute atomic E-state index is 12.5. The molecule has 0 fully saturated rings. The summed E-state index contributed by atoms with van der Waals surface area (Å²) in [5, 5.41) is 0. The van der Waals surface area contributed by atoms with Crippen molar-refractivity contribution < 1.29 is 4.39 Å². The van der Waals surface area contributed by atoms with Gasteiger partial charge in [0.25, 0.3) is 0 Å². The van der Waals surface area contributed by atoms with Crippen LogP contribution in [-0.2, 0) is 19.3 Å². The highest BCUT2D eigenvalue weighted by atomic mass is 19.1. The first kappa shape index (κ1) is 14.7. The van der Waals surface area contributed by atoms with Crippen molar-refractivity contribution in [3.63, 3.8) is 0 Å². The summed E-state index contributed by atoms with van der Waals surface area (Å²) in [4.78, 5) is 8.59. The normalized spacial score (nSPS) is 13.1. The highest BCUT2D eigenvalue weighted by Gasteiger charge is 2.20. The Hall–Kier alpha value is -2.23. The van der Waals surface area contributed by atoms with Gasteiger partial charge < -0.3 is 5.73 Å². The predicted octanol–water partition coefficient (Wildman–Crippen LogP) is 3.51. The second kappa shape index (κ2) is 6.26. The molecule has 0 amide bonds. The first-order valence-electron chi connectivity index (χ1n) is 7.73. The number of nitrogens with two attached hydrogens (primary N) is 1. The summed E-state index contributed by atoms with van der Waals surface area (Å²) in [6.07, 6.45) is 7.32. The molecule has 0 saturated carbocycles. The number of nitrogens with zero attached hydrogens (tertiary/aromatic N) is 2. The van der Waals surface area contributed by atoms with Gasteiger partial charge >= 0.3 is 0 Å². The van der Waals surface area contributed by atoms with E-state index >= 15 is 0 Å². The smallest absolute Gasteiger partial charge is 0.220 e. The number of aryl methyl sites for hydroxylation is 2. The number of benzene rings is 1. The van der Waals surface area contributed by atoms with Crippen LogP contribution in [0.3, 0.4) is 0 Å². The maximum atomic E-state index is 12.5. The van der Waals surface area contributed by atoms with Crippen LogP contribution in [0.15, 0.2) is 30.5 Å². The van der Waals surface area contributed by atoms with Crippen LogP contribution in [0.1, 0.15) is 41.3 Å². The fourth-order valence-electron chi connectivity index (χ4n) is 3.00. The molecule has 0 aliphatic heterocycles. The van der Waals surface area contributed by atoms with Crippen molar-refractivity contribution in [2.24, 2.45) is 0 Å². The van der Waals surface area contributed by atoms with Gasteiger partial charge in [0.1, 0.15) is 0 Å². The van der Waals surface area contributed by atoms with E-state index in [0.717, 1.165) is 41.7 Å². The minimum absolute atomic E-state index is 0.304. The molecular weight excluding hydrogens is 277 g/mol. The molecule has 22 heavy (non-hydrogen) atoms. The first-order valence-corrected chi connectivity index (χ1v) is 7.73. The molecule has 1 aromatic carbocycles. The quantitative estimate of drug-likeness (QED) is 0.918. The van der Waals surface area contributed by atoms with Crippen LogP contribution < -0.4 is 5.73 Å². The van der Waals surface area contributed by atoms with E-state index in [1.165, 1.54) is 11.1 Å². The molecular formula is C18H20FN3. The lowest BCUT2D eigenvalue weighted by Gasteiger charge is -2.11. The molecule has 0 bridgehead atoms. The molecule has 1 heterocycles. The molecule has 0 saturated heterocycles. The minimum Gasteiger partial charge on any atom is -0.368 e. The van der Waals surface area contributed by atoms with Crippen molar-refractivity contribution in [2.45, 2.75) is 32.6 Å². The number of hydrogen-bond donors (Lipinski definition) is 1. The third-order valence-electron chi connectivity index (χ3n) is 4.03. The minimum atomic E-state index is -0.317. The Morgan fingerprint density at radius 2 is 2.14 bits per heavy atom. The lowest BCUT2D eigenvalue weighted by molar-refractivity contribution is 0.495. The van der Waals surface area contributed by atoms with Crippen molar-refractivity contribution in [1.29, 1.82) is 0 Å². The van der Waals surface area contributed by atoms with Crippen LogP contribution in [0.2, 0.25) is 0 Å². The average molecular weight is 297 g/mol. The highest BCUT2D eigenvalue weighted by Crippen LogP contribution is 2.34. The van der Waals surface area contributed by atoms with E-state index in [1.54, 1.807) is 0 Å². The van der Waals surface area contributed by atoms with Gasteiger partial charge in [0, 0.05) is 18.2 Å². The van der Waals surface area contributed by atoms with Crippen LogP contribution >= 0.6 is 0 Å². The fourth-order valence-corrected chi connectivity index (χ4v) is 3.00. The SMILES string of the molecule is CCCc1cnc(N)nc1C1=CCc2cc(CCF)ccc21. The Labute approximate surface area is 130 Å². The lowest BCUT2D eigenvalue weighted by Crippen LogP contribution is -2.04. The van der Waals surface area contributed by atoms with Gasteiger partial charge in [-0.05, 0) is 35.1 Å². The summed E-state index contributed by atoms with van der Waals surface area (Å²) < 4.78 is 12.5. The molecule has 0 unspecified atom stereocenters. The fraction of sp³-hybridized carbons (Fsp3) is 0.333. The summed E-state index contributed by atoms with van der Waals surface area (Å²) in [5.74, 6) is 0.304. The van der Waals surface area contributed by atoms with E-state index in [9.17, 15) is 4.39 Å². The largest absolute Gasteiger partial charge is 0.368 e. The molecule has 1 aliphatic rings. The van der Waals surface area contributed by atoms with E-state index in [1.807, 2.05) is 12.3 Å². The Morgan fingerprint density at radius 3 is 2.91 bits per heavy atom. The first-order chi connectivity index (χ1) is 10.7. The molecule has 3 nitrogen and oxygen atoms in total. The Bertz CT molecular complexity index is 722. The zero-order chi connectivity index (χ0) is 15.5. The van der Waals surface area contributed by atoms with E-state index in [4.69, 9.17) is 5.73 Å². The molecule has 0 radical (unpaired) electrons. The third kappa shape index (κ3) is 2.73. The second-order valence-electron chi connectivity index (χ2n) is 5.60. The van der Waals surface area contributed by atoms with Crippen molar-refractivity contribution in [1.82, 2.24) is 9.97 Å². The molecule has 2 aromatic rings. The number of nitrogen functional groups attached to an aromatic ring is 1. The molecule has 3 rings (SSSR count). The number of allylic oxidation sites excluding steroid dienone is 1. The monoisotopic (exact) mass is 297 g/mol. The van der Waals surface area contributed by atoms with Crippen molar-refractivity contribution >= 4 is 11.5 Å². The molecule has 2 N–H and O–H groups in total.